The molecule has 5 aromatic rings. The predicted molar refractivity (Wildman–Crippen MR) is 120 cm³/mol. The molecule has 0 aliphatic carbocycles. The Morgan fingerprint density at radius 2 is 1.71 bits per heavy atom. The molecule has 5 heteroatoms. The number of carbonyl (C=O) groups excluding carboxylic acids is 1. The number of imidazole rings is 1. The zero-order chi connectivity index (χ0) is 21.2. The Morgan fingerprint density at radius 1 is 0.903 bits per heavy atom. The van der Waals surface area contributed by atoms with Gasteiger partial charge >= 0.3 is 0 Å². The zero-order valence-electron chi connectivity index (χ0n) is 16.8. The first kappa shape index (κ1) is 19.1. The highest BCUT2D eigenvalue weighted by atomic mass is 19.1. The van der Waals surface area contributed by atoms with Gasteiger partial charge in [0.1, 0.15) is 11.6 Å². The van der Waals surface area contributed by atoms with E-state index in [2.05, 4.69) is 9.55 Å². The van der Waals surface area contributed by atoms with Gasteiger partial charge < -0.3 is 4.57 Å². The number of hydrogen-bond donors (Lipinski definition) is 0. The first-order chi connectivity index (χ1) is 15.2. The smallest absolute Gasteiger partial charge is 0.162 e. The first-order valence-electron chi connectivity index (χ1n) is 10.3. The molecule has 0 saturated carbocycles. The molecule has 0 atom stereocenters. The van der Waals surface area contributed by atoms with Gasteiger partial charge in [-0.3, -0.25) is 9.78 Å². The minimum absolute atomic E-state index is 0.0119. The van der Waals surface area contributed by atoms with Gasteiger partial charge in [0, 0.05) is 35.7 Å². The third-order valence-corrected chi connectivity index (χ3v) is 5.48. The number of Topliss-reactive ketones (excluding diaryl/α,β-unsaturated/α-hetero) is 1. The summed E-state index contributed by atoms with van der Waals surface area (Å²) in [4.78, 5) is 22.0. The molecule has 0 bridgehead atoms. The monoisotopic (exact) mass is 409 g/mol. The molecule has 0 N–H and O–H groups in total. The fourth-order valence-corrected chi connectivity index (χ4v) is 3.97. The summed E-state index contributed by atoms with van der Waals surface area (Å²) in [6.45, 7) is 0.645. The Kier molecular flexibility index (Phi) is 5.00. The van der Waals surface area contributed by atoms with Gasteiger partial charge in [-0.1, -0.05) is 30.3 Å². The highest BCUT2D eigenvalue weighted by Crippen LogP contribution is 2.30. The molecule has 2 aromatic heterocycles. The van der Waals surface area contributed by atoms with Gasteiger partial charge in [-0.25, -0.2) is 9.37 Å². The van der Waals surface area contributed by atoms with Crippen molar-refractivity contribution in [2.24, 2.45) is 0 Å². The van der Waals surface area contributed by atoms with Crippen LogP contribution in [0.2, 0.25) is 0 Å². The standard InChI is InChI=1S/C26H20FN3O/c27-20-14-12-18(13-15-20)24(31)11-5-17-30-23-10-2-1-9-22(23)29-26(30)21-8-3-6-19-7-4-16-28-25(19)21/h1-4,6-10,12-16H,5,11,17H2. The molecule has 152 valence electrons. The van der Waals surface area contributed by atoms with E-state index in [4.69, 9.17) is 4.98 Å². The number of nitrogens with zero attached hydrogens (tertiary/aromatic N) is 3. The topological polar surface area (TPSA) is 47.8 Å². The maximum absolute atomic E-state index is 13.1. The van der Waals surface area contributed by atoms with E-state index in [1.807, 2.05) is 54.6 Å². The number of para-hydroxylation sites is 3. The summed E-state index contributed by atoms with van der Waals surface area (Å²) in [7, 11) is 0. The quantitative estimate of drug-likeness (QED) is 0.321. The Balaban J connectivity index is 1.48. The molecule has 0 aliphatic rings. The molecule has 0 spiro atoms. The minimum Gasteiger partial charge on any atom is -0.324 e. The van der Waals surface area contributed by atoms with Crippen LogP contribution in [0.5, 0.6) is 0 Å². The van der Waals surface area contributed by atoms with Crippen molar-refractivity contribution in [3.8, 4) is 11.4 Å². The zero-order valence-corrected chi connectivity index (χ0v) is 16.8. The fourth-order valence-electron chi connectivity index (χ4n) is 3.97. The van der Waals surface area contributed by atoms with Crippen molar-refractivity contribution in [1.29, 1.82) is 0 Å². The summed E-state index contributed by atoms with van der Waals surface area (Å²) in [5.41, 5.74) is 4.36. The SMILES string of the molecule is O=C(CCCn1c(-c2cccc3cccnc23)nc2ccccc21)c1ccc(F)cc1. The van der Waals surface area contributed by atoms with E-state index in [1.54, 1.807) is 6.20 Å². The molecular formula is C26H20FN3O. The molecular weight excluding hydrogens is 389 g/mol. The normalized spacial score (nSPS) is 11.3. The van der Waals surface area contributed by atoms with Gasteiger partial charge in [-0.05, 0) is 55.0 Å². The maximum atomic E-state index is 13.1. The average Bonchev–Trinajstić information content (AvgIpc) is 3.17. The second kappa shape index (κ2) is 8.11. The van der Waals surface area contributed by atoms with Crippen LogP contribution in [-0.4, -0.2) is 20.3 Å². The van der Waals surface area contributed by atoms with E-state index >= 15 is 0 Å². The molecule has 0 fully saturated rings. The number of aromatic nitrogens is 3. The number of rotatable bonds is 6. The van der Waals surface area contributed by atoms with Crippen LogP contribution in [0.15, 0.2) is 85.1 Å². The second-order valence-corrected chi connectivity index (χ2v) is 7.49. The molecule has 0 unspecified atom stereocenters. The summed E-state index contributed by atoms with van der Waals surface area (Å²) in [6.07, 6.45) is 2.83. The summed E-state index contributed by atoms with van der Waals surface area (Å²) >= 11 is 0. The lowest BCUT2D eigenvalue weighted by Gasteiger charge is -2.11. The molecule has 3 aromatic carbocycles. The summed E-state index contributed by atoms with van der Waals surface area (Å²) < 4.78 is 15.3. The van der Waals surface area contributed by atoms with Crippen molar-refractivity contribution in [1.82, 2.24) is 14.5 Å². The van der Waals surface area contributed by atoms with Crippen LogP contribution in [0.1, 0.15) is 23.2 Å². The molecule has 2 heterocycles. The predicted octanol–water partition coefficient (Wildman–Crippen LogP) is 6.05. The molecule has 0 radical (unpaired) electrons. The number of halogens is 1. The Labute approximate surface area is 179 Å². The maximum Gasteiger partial charge on any atom is 0.162 e. The third-order valence-electron chi connectivity index (χ3n) is 5.48. The molecule has 0 saturated heterocycles. The minimum atomic E-state index is -0.338. The van der Waals surface area contributed by atoms with E-state index in [1.165, 1.54) is 24.3 Å². The van der Waals surface area contributed by atoms with Gasteiger partial charge in [0.05, 0.1) is 16.6 Å². The Hall–Kier alpha value is -3.86. The van der Waals surface area contributed by atoms with Gasteiger partial charge in [-0.15, -0.1) is 0 Å². The van der Waals surface area contributed by atoms with Crippen LogP contribution in [-0.2, 0) is 6.54 Å². The van der Waals surface area contributed by atoms with Crippen LogP contribution in [0, 0.1) is 5.82 Å². The lowest BCUT2D eigenvalue weighted by atomic mass is 10.1. The molecule has 31 heavy (non-hydrogen) atoms. The van der Waals surface area contributed by atoms with Crippen molar-refractivity contribution in [2.45, 2.75) is 19.4 Å². The largest absolute Gasteiger partial charge is 0.324 e. The van der Waals surface area contributed by atoms with E-state index in [0.717, 1.165) is 33.3 Å². The van der Waals surface area contributed by atoms with Crippen molar-refractivity contribution >= 4 is 27.7 Å². The number of ketones is 1. The Morgan fingerprint density at radius 3 is 2.58 bits per heavy atom. The summed E-state index contributed by atoms with van der Waals surface area (Å²) in [5.74, 6) is 0.521. The van der Waals surface area contributed by atoms with Gasteiger partial charge in [0.25, 0.3) is 0 Å². The number of hydrogen-bond acceptors (Lipinski definition) is 3. The van der Waals surface area contributed by atoms with Crippen molar-refractivity contribution < 1.29 is 9.18 Å². The highest BCUT2D eigenvalue weighted by Gasteiger charge is 2.16. The lowest BCUT2D eigenvalue weighted by Crippen LogP contribution is -2.05. The third kappa shape index (κ3) is 3.70. The summed E-state index contributed by atoms with van der Waals surface area (Å²) in [6, 6.07) is 23.8. The lowest BCUT2D eigenvalue weighted by molar-refractivity contribution is 0.0978. The van der Waals surface area contributed by atoms with Gasteiger partial charge in [0.15, 0.2) is 5.78 Å². The van der Waals surface area contributed by atoms with Crippen molar-refractivity contribution in [2.75, 3.05) is 0 Å². The molecule has 5 rings (SSSR count). The highest BCUT2D eigenvalue weighted by molar-refractivity contribution is 5.96. The number of benzene rings is 3. The van der Waals surface area contributed by atoms with Crippen LogP contribution < -0.4 is 0 Å². The number of pyridine rings is 1. The molecule has 4 nitrogen and oxygen atoms in total. The van der Waals surface area contributed by atoms with Crippen molar-refractivity contribution in [3.63, 3.8) is 0 Å². The van der Waals surface area contributed by atoms with E-state index in [9.17, 15) is 9.18 Å². The average molecular weight is 409 g/mol. The summed E-state index contributed by atoms with van der Waals surface area (Å²) in [5, 5.41) is 1.06. The van der Waals surface area contributed by atoms with E-state index < -0.39 is 0 Å². The molecule has 0 amide bonds. The van der Waals surface area contributed by atoms with Crippen molar-refractivity contribution in [3.05, 3.63) is 96.4 Å². The molecule has 0 aliphatic heterocycles. The van der Waals surface area contributed by atoms with Crippen LogP contribution in [0.25, 0.3) is 33.3 Å². The second-order valence-electron chi connectivity index (χ2n) is 7.49. The van der Waals surface area contributed by atoms with Gasteiger partial charge in [-0.2, -0.15) is 0 Å². The van der Waals surface area contributed by atoms with E-state index in [-0.39, 0.29) is 11.6 Å². The van der Waals surface area contributed by atoms with Crippen LogP contribution >= 0.6 is 0 Å². The van der Waals surface area contributed by atoms with Crippen LogP contribution in [0.4, 0.5) is 4.39 Å². The first-order valence-corrected chi connectivity index (χ1v) is 10.3. The van der Waals surface area contributed by atoms with E-state index in [0.29, 0.717) is 24.9 Å². The number of carbonyl (C=O) groups is 1. The van der Waals surface area contributed by atoms with Crippen LogP contribution in [0.3, 0.4) is 0 Å². The number of fused-ring (bicyclic) bond motifs is 2. The Bertz CT molecular complexity index is 1380. The van der Waals surface area contributed by atoms with Gasteiger partial charge in [0.2, 0.25) is 0 Å². The fraction of sp³-hybridized carbons (Fsp3) is 0.115. The number of aryl methyl sites for hydroxylation is 1.